The van der Waals surface area contributed by atoms with Gasteiger partial charge < -0.3 is 18.9 Å². The summed E-state index contributed by atoms with van der Waals surface area (Å²) >= 11 is 0. The summed E-state index contributed by atoms with van der Waals surface area (Å²) in [6.07, 6.45) is 9.41. The number of hydrogen-bond acceptors (Lipinski definition) is 6. The van der Waals surface area contributed by atoms with Crippen LogP contribution in [-0.4, -0.2) is 38.4 Å². The van der Waals surface area contributed by atoms with Gasteiger partial charge in [-0.25, -0.2) is 9.97 Å². The standard InChI is InChI=1S/C24H24N2O4/c1-27-20-10-6-17(15-22(20)29-3)5-9-19-13-14-25-24(26-19)12-8-18-7-11-21(28-2)23(16-18)30-4/h5-16H,1-4H3. The molecule has 3 aromatic rings. The third-order valence-corrected chi connectivity index (χ3v) is 4.38. The molecule has 0 radical (unpaired) electrons. The molecule has 3 rings (SSSR count). The molecule has 0 bridgehead atoms. The second-order valence-corrected chi connectivity index (χ2v) is 6.24. The molecule has 0 atom stereocenters. The maximum absolute atomic E-state index is 5.34. The van der Waals surface area contributed by atoms with Crippen LogP contribution < -0.4 is 18.9 Å². The minimum atomic E-state index is 0.610. The second kappa shape index (κ2) is 10.1. The molecule has 0 amide bonds. The molecule has 0 aliphatic rings. The van der Waals surface area contributed by atoms with Gasteiger partial charge in [-0.2, -0.15) is 0 Å². The van der Waals surface area contributed by atoms with Crippen molar-refractivity contribution in [1.82, 2.24) is 9.97 Å². The van der Waals surface area contributed by atoms with Crippen LogP contribution in [0.25, 0.3) is 24.3 Å². The van der Waals surface area contributed by atoms with Crippen LogP contribution >= 0.6 is 0 Å². The summed E-state index contributed by atoms with van der Waals surface area (Å²) in [6.45, 7) is 0. The highest BCUT2D eigenvalue weighted by molar-refractivity contribution is 5.71. The molecule has 2 aromatic carbocycles. The Morgan fingerprint density at radius 2 is 1.13 bits per heavy atom. The van der Waals surface area contributed by atoms with E-state index in [1.54, 1.807) is 34.6 Å². The van der Waals surface area contributed by atoms with E-state index in [1.807, 2.05) is 66.8 Å². The number of methoxy groups -OCH3 is 4. The number of aromatic nitrogens is 2. The lowest BCUT2D eigenvalue weighted by atomic mass is 10.1. The molecule has 0 spiro atoms. The molecule has 0 saturated carbocycles. The Hall–Kier alpha value is -3.80. The number of benzene rings is 2. The summed E-state index contributed by atoms with van der Waals surface area (Å²) in [7, 11) is 6.46. The van der Waals surface area contributed by atoms with E-state index in [9.17, 15) is 0 Å². The van der Waals surface area contributed by atoms with E-state index in [0.717, 1.165) is 16.8 Å². The normalized spacial score (nSPS) is 11.1. The third kappa shape index (κ3) is 5.17. The Bertz CT molecular complexity index is 980. The summed E-state index contributed by atoms with van der Waals surface area (Å²) in [5.41, 5.74) is 2.74. The third-order valence-electron chi connectivity index (χ3n) is 4.38. The van der Waals surface area contributed by atoms with Crippen LogP contribution in [-0.2, 0) is 0 Å². The number of nitrogens with zero attached hydrogens (tertiary/aromatic N) is 2. The van der Waals surface area contributed by atoms with Gasteiger partial charge in [-0.15, -0.1) is 0 Å². The first-order valence-electron chi connectivity index (χ1n) is 9.30. The van der Waals surface area contributed by atoms with E-state index in [-0.39, 0.29) is 0 Å². The molecule has 0 saturated heterocycles. The van der Waals surface area contributed by atoms with Crippen molar-refractivity contribution in [2.75, 3.05) is 28.4 Å². The molecule has 30 heavy (non-hydrogen) atoms. The highest BCUT2D eigenvalue weighted by Gasteiger charge is 2.04. The molecule has 1 aromatic heterocycles. The van der Waals surface area contributed by atoms with Crippen molar-refractivity contribution in [2.24, 2.45) is 0 Å². The SMILES string of the molecule is COc1ccc(C=Cc2ccnc(C=Cc3ccc(OC)c(OC)c3)n2)cc1OC. The fourth-order valence-corrected chi connectivity index (χ4v) is 2.83. The van der Waals surface area contributed by atoms with Crippen molar-refractivity contribution >= 4 is 24.3 Å². The van der Waals surface area contributed by atoms with Crippen molar-refractivity contribution < 1.29 is 18.9 Å². The molecule has 0 fully saturated rings. The lowest BCUT2D eigenvalue weighted by Crippen LogP contribution is -1.91. The molecule has 154 valence electrons. The Morgan fingerprint density at radius 1 is 0.600 bits per heavy atom. The Balaban J connectivity index is 1.76. The fraction of sp³-hybridized carbons (Fsp3) is 0.167. The Kier molecular flexibility index (Phi) is 7.05. The maximum Gasteiger partial charge on any atom is 0.161 e. The van der Waals surface area contributed by atoms with Gasteiger partial charge in [0.2, 0.25) is 0 Å². The molecular formula is C24H24N2O4. The van der Waals surface area contributed by atoms with Crippen molar-refractivity contribution in [3.05, 3.63) is 71.3 Å². The van der Waals surface area contributed by atoms with Gasteiger partial charge in [-0.05, 0) is 53.6 Å². The van der Waals surface area contributed by atoms with Gasteiger partial charge in [0.15, 0.2) is 28.8 Å². The van der Waals surface area contributed by atoms with E-state index in [1.165, 1.54) is 0 Å². The fourth-order valence-electron chi connectivity index (χ4n) is 2.83. The summed E-state index contributed by atoms with van der Waals surface area (Å²) in [4.78, 5) is 8.87. The Labute approximate surface area is 176 Å². The zero-order valence-corrected chi connectivity index (χ0v) is 17.5. The summed E-state index contributed by atoms with van der Waals surface area (Å²) in [6, 6.07) is 13.3. The average Bonchev–Trinajstić information content (AvgIpc) is 2.81. The van der Waals surface area contributed by atoms with E-state index >= 15 is 0 Å². The van der Waals surface area contributed by atoms with Crippen molar-refractivity contribution in [2.45, 2.75) is 0 Å². The monoisotopic (exact) mass is 404 g/mol. The lowest BCUT2D eigenvalue weighted by molar-refractivity contribution is 0.355. The topological polar surface area (TPSA) is 62.7 Å². The zero-order valence-electron chi connectivity index (χ0n) is 17.5. The zero-order chi connectivity index (χ0) is 21.3. The lowest BCUT2D eigenvalue weighted by Gasteiger charge is -2.07. The van der Waals surface area contributed by atoms with Crippen LogP contribution in [0.3, 0.4) is 0 Å². The highest BCUT2D eigenvalue weighted by Crippen LogP contribution is 2.29. The summed E-state index contributed by atoms with van der Waals surface area (Å²) < 4.78 is 21.2. The molecule has 0 aliphatic carbocycles. The number of ether oxygens (including phenoxy) is 4. The van der Waals surface area contributed by atoms with E-state index in [4.69, 9.17) is 18.9 Å². The van der Waals surface area contributed by atoms with E-state index < -0.39 is 0 Å². The molecular weight excluding hydrogens is 380 g/mol. The second-order valence-electron chi connectivity index (χ2n) is 6.24. The predicted molar refractivity (Wildman–Crippen MR) is 119 cm³/mol. The smallest absolute Gasteiger partial charge is 0.161 e. The van der Waals surface area contributed by atoms with Crippen LogP contribution in [0.15, 0.2) is 48.7 Å². The molecule has 0 N–H and O–H groups in total. The van der Waals surface area contributed by atoms with Gasteiger partial charge in [0.25, 0.3) is 0 Å². The van der Waals surface area contributed by atoms with Gasteiger partial charge in [0, 0.05) is 6.20 Å². The highest BCUT2D eigenvalue weighted by atomic mass is 16.5. The predicted octanol–water partition coefficient (Wildman–Crippen LogP) is 4.85. The van der Waals surface area contributed by atoms with Crippen LogP contribution in [0.1, 0.15) is 22.6 Å². The van der Waals surface area contributed by atoms with Gasteiger partial charge in [-0.1, -0.05) is 24.3 Å². The van der Waals surface area contributed by atoms with Crippen LogP contribution in [0.4, 0.5) is 0 Å². The quantitative estimate of drug-likeness (QED) is 0.535. The minimum Gasteiger partial charge on any atom is -0.493 e. The first-order chi connectivity index (χ1) is 14.7. The largest absolute Gasteiger partial charge is 0.493 e. The maximum atomic E-state index is 5.34. The van der Waals surface area contributed by atoms with Crippen molar-refractivity contribution in [3.63, 3.8) is 0 Å². The Morgan fingerprint density at radius 3 is 1.67 bits per heavy atom. The summed E-state index contributed by atoms with van der Waals surface area (Å²) in [5, 5.41) is 0. The average molecular weight is 404 g/mol. The van der Waals surface area contributed by atoms with Gasteiger partial charge in [0.05, 0.1) is 34.1 Å². The van der Waals surface area contributed by atoms with Crippen molar-refractivity contribution in [1.29, 1.82) is 0 Å². The molecule has 6 heteroatoms. The number of hydrogen-bond donors (Lipinski definition) is 0. The number of rotatable bonds is 8. The van der Waals surface area contributed by atoms with Crippen LogP contribution in [0.5, 0.6) is 23.0 Å². The minimum absolute atomic E-state index is 0.610. The molecule has 1 heterocycles. The van der Waals surface area contributed by atoms with Crippen LogP contribution in [0.2, 0.25) is 0 Å². The first-order valence-corrected chi connectivity index (χ1v) is 9.30. The molecule has 0 aliphatic heterocycles. The summed E-state index contributed by atoms with van der Waals surface area (Å²) in [5.74, 6) is 3.35. The van der Waals surface area contributed by atoms with Gasteiger partial charge in [-0.3, -0.25) is 0 Å². The van der Waals surface area contributed by atoms with Gasteiger partial charge >= 0.3 is 0 Å². The van der Waals surface area contributed by atoms with Gasteiger partial charge in [0.1, 0.15) is 0 Å². The van der Waals surface area contributed by atoms with E-state index in [0.29, 0.717) is 28.8 Å². The van der Waals surface area contributed by atoms with E-state index in [2.05, 4.69) is 9.97 Å². The van der Waals surface area contributed by atoms with Crippen LogP contribution in [0, 0.1) is 0 Å². The molecule has 6 nitrogen and oxygen atoms in total. The molecule has 0 unspecified atom stereocenters. The van der Waals surface area contributed by atoms with Crippen molar-refractivity contribution in [3.8, 4) is 23.0 Å². The first kappa shape index (κ1) is 20.9.